The van der Waals surface area contributed by atoms with Crippen molar-refractivity contribution in [3.8, 4) is 11.4 Å². The molecule has 0 saturated carbocycles. The first-order chi connectivity index (χ1) is 9.35. The normalized spacial score (nSPS) is 11.7. The smallest absolute Gasteiger partial charge is 0.159 e. The van der Waals surface area contributed by atoms with E-state index in [9.17, 15) is 8.78 Å². The summed E-state index contributed by atoms with van der Waals surface area (Å²) >= 11 is 0. The van der Waals surface area contributed by atoms with Gasteiger partial charge >= 0.3 is 0 Å². The molecule has 0 spiro atoms. The molecule has 1 aromatic heterocycles. The summed E-state index contributed by atoms with van der Waals surface area (Å²) in [6.45, 7) is 6.87. The van der Waals surface area contributed by atoms with Crippen molar-refractivity contribution < 1.29 is 8.78 Å². The minimum Gasteiger partial charge on any atom is -0.308 e. The van der Waals surface area contributed by atoms with Crippen molar-refractivity contribution in [2.75, 3.05) is 0 Å². The maximum Gasteiger partial charge on any atom is 0.159 e. The number of nitrogens with zero attached hydrogens (tertiary/aromatic N) is 2. The molecule has 20 heavy (non-hydrogen) atoms. The van der Waals surface area contributed by atoms with Gasteiger partial charge in [-0.1, -0.05) is 0 Å². The van der Waals surface area contributed by atoms with Gasteiger partial charge < -0.3 is 5.32 Å². The van der Waals surface area contributed by atoms with Gasteiger partial charge in [-0.15, -0.1) is 0 Å². The fourth-order valence-corrected chi connectivity index (χ4v) is 1.60. The Balaban J connectivity index is 2.13. The zero-order valence-electron chi connectivity index (χ0n) is 11.7. The number of halogens is 2. The number of nitrogens with one attached hydrogen (secondary N) is 1. The van der Waals surface area contributed by atoms with Crippen molar-refractivity contribution in [2.45, 2.75) is 32.9 Å². The molecule has 1 aromatic carbocycles. The second kappa shape index (κ2) is 5.63. The van der Waals surface area contributed by atoms with E-state index in [4.69, 9.17) is 0 Å². The third-order valence-corrected chi connectivity index (χ3v) is 2.71. The van der Waals surface area contributed by atoms with E-state index in [-0.39, 0.29) is 5.54 Å². The Morgan fingerprint density at radius 3 is 2.25 bits per heavy atom. The highest BCUT2D eigenvalue weighted by Gasteiger charge is 2.10. The van der Waals surface area contributed by atoms with Crippen LogP contribution in [-0.2, 0) is 6.54 Å². The molecule has 5 heteroatoms. The second-order valence-corrected chi connectivity index (χ2v) is 5.65. The van der Waals surface area contributed by atoms with Crippen molar-refractivity contribution in [1.82, 2.24) is 15.3 Å². The summed E-state index contributed by atoms with van der Waals surface area (Å²) < 4.78 is 26.0. The van der Waals surface area contributed by atoms with Gasteiger partial charge in [0.1, 0.15) is 0 Å². The predicted molar refractivity (Wildman–Crippen MR) is 74.0 cm³/mol. The van der Waals surface area contributed by atoms with E-state index >= 15 is 0 Å². The third kappa shape index (κ3) is 3.81. The van der Waals surface area contributed by atoms with E-state index in [2.05, 4.69) is 36.1 Å². The van der Waals surface area contributed by atoms with Crippen molar-refractivity contribution in [2.24, 2.45) is 0 Å². The van der Waals surface area contributed by atoms with Crippen LogP contribution >= 0.6 is 0 Å². The van der Waals surface area contributed by atoms with Crippen LogP contribution in [-0.4, -0.2) is 15.5 Å². The number of hydrogen-bond donors (Lipinski definition) is 1. The number of rotatable bonds is 3. The van der Waals surface area contributed by atoms with Crippen molar-refractivity contribution in [3.63, 3.8) is 0 Å². The van der Waals surface area contributed by atoms with Crippen LogP contribution in [0.25, 0.3) is 11.4 Å². The maximum absolute atomic E-state index is 13.2. The lowest BCUT2D eigenvalue weighted by atomic mass is 10.1. The van der Waals surface area contributed by atoms with Gasteiger partial charge in [0.25, 0.3) is 0 Å². The lowest BCUT2D eigenvalue weighted by molar-refractivity contribution is 0.423. The molecule has 1 heterocycles. The molecule has 0 radical (unpaired) electrons. The summed E-state index contributed by atoms with van der Waals surface area (Å²) in [5.74, 6) is -1.40. The van der Waals surface area contributed by atoms with Crippen LogP contribution in [0, 0.1) is 11.6 Å². The summed E-state index contributed by atoms with van der Waals surface area (Å²) in [6, 6.07) is 3.63. The van der Waals surface area contributed by atoms with Crippen LogP contribution in [0.15, 0.2) is 30.6 Å². The van der Waals surface area contributed by atoms with Crippen LogP contribution in [0.2, 0.25) is 0 Å². The maximum atomic E-state index is 13.2. The first-order valence-corrected chi connectivity index (χ1v) is 6.36. The molecular weight excluding hydrogens is 260 g/mol. The fraction of sp³-hybridized carbons (Fsp3) is 0.333. The van der Waals surface area contributed by atoms with E-state index in [1.54, 1.807) is 12.4 Å². The lowest BCUT2D eigenvalue weighted by Crippen LogP contribution is -2.35. The molecular formula is C15H17F2N3. The van der Waals surface area contributed by atoms with Crippen LogP contribution in [0.3, 0.4) is 0 Å². The van der Waals surface area contributed by atoms with Gasteiger partial charge in [0, 0.05) is 35.6 Å². The molecule has 0 unspecified atom stereocenters. The standard InChI is InChI=1S/C15H17F2N3/c1-15(2,3)20-9-10-7-18-14(19-8-10)11-4-5-12(16)13(17)6-11/h4-8,20H,9H2,1-3H3. The van der Waals surface area contributed by atoms with Crippen LogP contribution in [0.5, 0.6) is 0 Å². The molecule has 2 rings (SSSR count). The lowest BCUT2D eigenvalue weighted by Gasteiger charge is -2.20. The van der Waals surface area contributed by atoms with Crippen LogP contribution < -0.4 is 5.32 Å². The van der Waals surface area contributed by atoms with Gasteiger partial charge in [-0.2, -0.15) is 0 Å². The Hall–Kier alpha value is -1.88. The van der Waals surface area contributed by atoms with E-state index < -0.39 is 11.6 Å². The molecule has 1 N–H and O–H groups in total. The van der Waals surface area contributed by atoms with Gasteiger partial charge in [-0.3, -0.25) is 0 Å². The van der Waals surface area contributed by atoms with Gasteiger partial charge in [0.2, 0.25) is 0 Å². The highest BCUT2D eigenvalue weighted by molar-refractivity contribution is 5.54. The molecule has 0 fully saturated rings. The number of benzene rings is 1. The van der Waals surface area contributed by atoms with Crippen molar-refractivity contribution in [1.29, 1.82) is 0 Å². The predicted octanol–water partition coefficient (Wildman–Crippen LogP) is 3.31. The summed E-state index contributed by atoms with van der Waals surface area (Å²) in [4.78, 5) is 8.36. The first-order valence-electron chi connectivity index (χ1n) is 6.36. The average molecular weight is 277 g/mol. The van der Waals surface area contributed by atoms with Crippen LogP contribution in [0.4, 0.5) is 8.78 Å². The quantitative estimate of drug-likeness (QED) is 0.935. The second-order valence-electron chi connectivity index (χ2n) is 5.65. The monoisotopic (exact) mass is 277 g/mol. The van der Waals surface area contributed by atoms with E-state index in [1.807, 2.05) is 0 Å². The molecule has 2 aromatic rings. The Labute approximate surface area is 117 Å². The zero-order valence-corrected chi connectivity index (χ0v) is 11.7. The minimum absolute atomic E-state index is 0.0127. The molecule has 106 valence electrons. The SMILES string of the molecule is CC(C)(C)NCc1cnc(-c2ccc(F)c(F)c2)nc1. The Morgan fingerprint density at radius 1 is 1.05 bits per heavy atom. The topological polar surface area (TPSA) is 37.8 Å². The third-order valence-electron chi connectivity index (χ3n) is 2.71. The molecule has 0 aliphatic carbocycles. The Morgan fingerprint density at radius 2 is 1.70 bits per heavy atom. The molecule has 0 aliphatic heterocycles. The zero-order chi connectivity index (χ0) is 14.8. The van der Waals surface area contributed by atoms with Gasteiger partial charge in [0.15, 0.2) is 17.5 Å². The van der Waals surface area contributed by atoms with E-state index in [1.165, 1.54) is 6.07 Å². The Kier molecular flexibility index (Phi) is 4.09. The summed E-state index contributed by atoms with van der Waals surface area (Å²) in [5, 5.41) is 3.32. The first kappa shape index (κ1) is 14.5. The Bertz CT molecular complexity index is 589. The van der Waals surface area contributed by atoms with Crippen LogP contribution in [0.1, 0.15) is 26.3 Å². The van der Waals surface area contributed by atoms with Gasteiger partial charge in [-0.05, 0) is 39.0 Å². The summed E-state index contributed by atoms with van der Waals surface area (Å²) in [5.41, 5.74) is 1.41. The van der Waals surface area contributed by atoms with Crippen molar-refractivity contribution >= 4 is 0 Å². The molecule has 0 amide bonds. The molecule has 0 saturated heterocycles. The summed E-state index contributed by atoms with van der Waals surface area (Å²) in [6.07, 6.45) is 3.37. The largest absolute Gasteiger partial charge is 0.308 e. The van der Waals surface area contributed by atoms with Gasteiger partial charge in [0.05, 0.1) is 0 Å². The van der Waals surface area contributed by atoms with E-state index in [0.717, 1.165) is 17.7 Å². The molecule has 3 nitrogen and oxygen atoms in total. The number of hydrogen-bond acceptors (Lipinski definition) is 3. The molecule has 0 bridgehead atoms. The van der Waals surface area contributed by atoms with E-state index in [0.29, 0.717) is 17.9 Å². The highest BCUT2D eigenvalue weighted by atomic mass is 19.2. The molecule has 0 atom stereocenters. The number of aromatic nitrogens is 2. The minimum atomic E-state index is -0.899. The van der Waals surface area contributed by atoms with Gasteiger partial charge in [-0.25, -0.2) is 18.7 Å². The average Bonchev–Trinajstić information content (AvgIpc) is 2.39. The molecule has 0 aliphatic rings. The highest BCUT2D eigenvalue weighted by Crippen LogP contribution is 2.17. The fourth-order valence-electron chi connectivity index (χ4n) is 1.60. The van der Waals surface area contributed by atoms with Crippen molar-refractivity contribution in [3.05, 3.63) is 47.8 Å². The summed E-state index contributed by atoms with van der Waals surface area (Å²) in [7, 11) is 0.